The predicted octanol–water partition coefficient (Wildman–Crippen LogP) is 0.625. The lowest BCUT2D eigenvalue weighted by Gasteiger charge is -2.12. The number of anilines is 1. The van der Waals surface area contributed by atoms with E-state index < -0.39 is 12.1 Å². The molecule has 0 aromatic carbocycles. The second-order valence-corrected chi connectivity index (χ2v) is 4.18. The molecule has 1 aliphatic heterocycles. The number of carboxylic acid groups (broad SMARTS) is 1. The molecule has 2 heterocycles. The van der Waals surface area contributed by atoms with Crippen LogP contribution in [0, 0.1) is 0 Å². The zero-order valence-electron chi connectivity index (χ0n) is 9.91. The second-order valence-electron chi connectivity index (χ2n) is 4.18. The maximum Gasteiger partial charge on any atom is 0.303 e. The van der Waals surface area contributed by atoms with Crippen LogP contribution in [0.5, 0.6) is 0 Å². The molecule has 0 saturated heterocycles. The summed E-state index contributed by atoms with van der Waals surface area (Å²) in [6.45, 7) is 0.954. The molecular formula is C11H16N4O3. The molecule has 0 amide bonds. The Morgan fingerprint density at radius 1 is 1.56 bits per heavy atom. The third-order valence-electron chi connectivity index (χ3n) is 2.80. The van der Waals surface area contributed by atoms with Gasteiger partial charge in [0.25, 0.3) is 0 Å². The standard InChI is InChI=1S/C11H16N4O3/c16-8-5-12-6-13-11-10(8)15(7-14-11)4-2-1-3-9(17)18/h6-8,16H,1-5H2,(H,12,13)(H,17,18). The third kappa shape index (κ3) is 2.86. The van der Waals surface area contributed by atoms with Crippen LogP contribution in [0.15, 0.2) is 11.3 Å². The van der Waals surface area contributed by atoms with Crippen molar-refractivity contribution in [3.05, 3.63) is 12.0 Å². The van der Waals surface area contributed by atoms with Crippen molar-refractivity contribution in [2.45, 2.75) is 31.9 Å². The van der Waals surface area contributed by atoms with Gasteiger partial charge in [-0.2, -0.15) is 0 Å². The number of aliphatic imine (C=N–C) groups is 1. The van der Waals surface area contributed by atoms with Crippen LogP contribution >= 0.6 is 0 Å². The fourth-order valence-corrected chi connectivity index (χ4v) is 1.93. The third-order valence-corrected chi connectivity index (χ3v) is 2.80. The van der Waals surface area contributed by atoms with Gasteiger partial charge in [-0.25, -0.2) is 4.98 Å². The van der Waals surface area contributed by atoms with E-state index in [-0.39, 0.29) is 6.42 Å². The molecule has 1 aromatic heterocycles. The number of unbranched alkanes of at least 4 members (excludes halogenated alkanes) is 1. The molecule has 1 aliphatic rings. The fourth-order valence-electron chi connectivity index (χ4n) is 1.93. The van der Waals surface area contributed by atoms with E-state index in [1.807, 2.05) is 4.57 Å². The van der Waals surface area contributed by atoms with Crippen molar-refractivity contribution in [1.29, 1.82) is 0 Å². The number of aliphatic hydroxyl groups excluding tert-OH is 1. The van der Waals surface area contributed by atoms with Gasteiger partial charge < -0.3 is 20.1 Å². The lowest BCUT2D eigenvalue weighted by Crippen LogP contribution is -2.10. The highest BCUT2D eigenvalue weighted by Crippen LogP contribution is 2.24. The molecule has 1 aromatic rings. The van der Waals surface area contributed by atoms with Gasteiger partial charge >= 0.3 is 5.97 Å². The van der Waals surface area contributed by atoms with Gasteiger partial charge in [-0.1, -0.05) is 0 Å². The zero-order valence-corrected chi connectivity index (χ0v) is 9.91. The van der Waals surface area contributed by atoms with Gasteiger partial charge in [0.2, 0.25) is 0 Å². The van der Waals surface area contributed by atoms with Crippen LogP contribution in [0.4, 0.5) is 5.82 Å². The van der Waals surface area contributed by atoms with E-state index in [0.717, 1.165) is 6.42 Å². The predicted molar refractivity (Wildman–Crippen MR) is 65.7 cm³/mol. The fraction of sp³-hybridized carbons (Fsp3) is 0.545. The average molecular weight is 252 g/mol. The van der Waals surface area contributed by atoms with E-state index >= 15 is 0 Å². The van der Waals surface area contributed by atoms with Crippen molar-refractivity contribution in [3.63, 3.8) is 0 Å². The normalized spacial score (nSPS) is 17.9. The number of aliphatic carboxylic acids is 1. The lowest BCUT2D eigenvalue weighted by molar-refractivity contribution is -0.137. The van der Waals surface area contributed by atoms with Crippen molar-refractivity contribution < 1.29 is 15.0 Å². The van der Waals surface area contributed by atoms with Crippen molar-refractivity contribution in [3.8, 4) is 0 Å². The molecule has 0 radical (unpaired) electrons. The second kappa shape index (κ2) is 5.63. The molecule has 7 heteroatoms. The zero-order chi connectivity index (χ0) is 13.0. The quantitative estimate of drug-likeness (QED) is 0.667. The first-order valence-electron chi connectivity index (χ1n) is 5.88. The van der Waals surface area contributed by atoms with Crippen molar-refractivity contribution >= 4 is 18.1 Å². The molecule has 0 saturated carbocycles. The van der Waals surface area contributed by atoms with E-state index in [1.54, 1.807) is 6.33 Å². The SMILES string of the molecule is O=C(O)CCCCn1cnc2c1C(O)CN=CN2. The van der Waals surface area contributed by atoms with Crippen LogP contribution < -0.4 is 5.32 Å². The summed E-state index contributed by atoms with van der Waals surface area (Å²) in [5, 5.41) is 21.4. The summed E-state index contributed by atoms with van der Waals surface area (Å²) in [7, 11) is 0. The Labute approximate surface area is 104 Å². The van der Waals surface area contributed by atoms with Crippen LogP contribution in [0.25, 0.3) is 0 Å². The summed E-state index contributed by atoms with van der Waals surface area (Å²) < 4.78 is 1.85. The number of nitrogens with one attached hydrogen (secondary N) is 1. The largest absolute Gasteiger partial charge is 0.481 e. The van der Waals surface area contributed by atoms with E-state index in [1.165, 1.54) is 6.34 Å². The Balaban J connectivity index is 1.98. The number of fused-ring (bicyclic) bond motifs is 1. The monoisotopic (exact) mass is 252 g/mol. The number of carbonyl (C=O) groups is 1. The van der Waals surface area contributed by atoms with Crippen molar-refractivity contribution in [2.75, 3.05) is 11.9 Å². The summed E-state index contributed by atoms with van der Waals surface area (Å²) in [6.07, 6.45) is 4.02. The van der Waals surface area contributed by atoms with Gasteiger partial charge in [-0.3, -0.25) is 9.79 Å². The molecule has 0 spiro atoms. The van der Waals surface area contributed by atoms with Gasteiger partial charge in [0.15, 0.2) is 5.82 Å². The van der Waals surface area contributed by atoms with E-state index in [9.17, 15) is 9.90 Å². The lowest BCUT2D eigenvalue weighted by atomic mass is 10.2. The highest BCUT2D eigenvalue weighted by molar-refractivity contribution is 5.75. The minimum Gasteiger partial charge on any atom is -0.481 e. The maximum atomic E-state index is 10.4. The molecule has 2 rings (SSSR count). The van der Waals surface area contributed by atoms with Gasteiger partial charge in [-0.15, -0.1) is 0 Å². The minimum absolute atomic E-state index is 0.167. The minimum atomic E-state index is -0.783. The van der Waals surface area contributed by atoms with Gasteiger partial charge in [0.1, 0.15) is 6.10 Å². The molecule has 18 heavy (non-hydrogen) atoms. The number of aryl methyl sites for hydroxylation is 1. The molecule has 0 bridgehead atoms. The summed E-state index contributed by atoms with van der Waals surface area (Å²) in [4.78, 5) is 18.6. The topological polar surface area (TPSA) is 99.7 Å². The molecule has 1 atom stereocenters. The van der Waals surface area contributed by atoms with Crippen molar-refractivity contribution in [2.24, 2.45) is 4.99 Å². The number of aromatic nitrogens is 2. The van der Waals surface area contributed by atoms with E-state index in [2.05, 4.69) is 15.3 Å². The molecule has 7 nitrogen and oxygen atoms in total. The Hall–Kier alpha value is -1.89. The highest BCUT2D eigenvalue weighted by Gasteiger charge is 2.20. The number of hydrogen-bond donors (Lipinski definition) is 3. The molecule has 1 unspecified atom stereocenters. The first-order valence-corrected chi connectivity index (χ1v) is 5.88. The molecule has 0 fully saturated rings. The number of aliphatic hydroxyl groups is 1. The number of hydrogen-bond acceptors (Lipinski definition) is 5. The molecule has 3 N–H and O–H groups in total. The summed E-state index contributed by atoms with van der Waals surface area (Å²) in [5.74, 6) is -0.170. The number of rotatable bonds is 5. The summed E-state index contributed by atoms with van der Waals surface area (Å²) >= 11 is 0. The molecular weight excluding hydrogens is 236 g/mol. The highest BCUT2D eigenvalue weighted by atomic mass is 16.4. The van der Waals surface area contributed by atoms with Crippen LogP contribution in [0.3, 0.4) is 0 Å². The van der Waals surface area contributed by atoms with Crippen LogP contribution in [-0.4, -0.2) is 38.6 Å². The van der Waals surface area contributed by atoms with Crippen molar-refractivity contribution in [1.82, 2.24) is 9.55 Å². The van der Waals surface area contributed by atoms with Crippen LogP contribution in [0.1, 0.15) is 31.1 Å². The van der Waals surface area contributed by atoms with Gasteiger partial charge in [0.05, 0.1) is 24.9 Å². The Bertz CT molecular complexity index is 455. The number of imidazole rings is 1. The van der Waals surface area contributed by atoms with Crippen LogP contribution in [-0.2, 0) is 11.3 Å². The number of carboxylic acids is 1. The molecule has 0 aliphatic carbocycles. The first-order chi connectivity index (χ1) is 8.68. The number of nitrogens with zero attached hydrogens (tertiary/aromatic N) is 3. The average Bonchev–Trinajstić information content (AvgIpc) is 2.64. The van der Waals surface area contributed by atoms with E-state index in [4.69, 9.17) is 5.11 Å². The Morgan fingerprint density at radius 2 is 2.39 bits per heavy atom. The van der Waals surface area contributed by atoms with Gasteiger partial charge in [0, 0.05) is 13.0 Å². The first kappa shape index (κ1) is 12.6. The molecule has 98 valence electrons. The van der Waals surface area contributed by atoms with E-state index in [0.29, 0.717) is 31.0 Å². The Morgan fingerprint density at radius 3 is 3.17 bits per heavy atom. The summed E-state index contributed by atoms with van der Waals surface area (Å²) in [5.41, 5.74) is 0.711. The smallest absolute Gasteiger partial charge is 0.303 e. The Kier molecular flexibility index (Phi) is 3.93. The van der Waals surface area contributed by atoms with Crippen LogP contribution in [0.2, 0.25) is 0 Å². The summed E-state index contributed by atoms with van der Waals surface area (Å²) in [6, 6.07) is 0. The maximum absolute atomic E-state index is 10.4. The van der Waals surface area contributed by atoms with Gasteiger partial charge in [-0.05, 0) is 12.8 Å².